The van der Waals surface area contributed by atoms with Crippen LogP contribution in [0.25, 0.3) is 0 Å². The molecule has 0 saturated carbocycles. The Morgan fingerprint density at radius 3 is 2.86 bits per heavy atom. The summed E-state index contributed by atoms with van der Waals surface area (Å²) in [6.07, 6.45) is 9.45. The molecule has 10 heteroatoms. The first kappa shape index (κ1) is 27.4. The van der Waals surface area contributed by atoms with Crippen LogP contribution in [-0.2, 0) is 33.7 Å². The van der Waals surface area contributed by atoms with Crippen molar-refractivity contribution in [3.05, 3.63) is 88.2 Å². The molecule has 3 N–H and O–H groups in total. The average Bonchev–Trinajstić information content (AvgIpc) is 3.28. The second-order valence-corrected chi connectivity index (χ2v) is 8.18. The van der Waals surface area contributed by atoms with Crippen LogP contribution in [0.5, 0.6) is 0 Å². The van der Waals surface area contributed by atoms with E-state index in [-0.39, 0.29) is 5.91 Å². The molecule has 0 unspecified atom stereocenters. The number of hydrogen-bond acceptors (Lipinski definition) is 9. The van der Waals surface area contributed by atoms with Gasteiger partial charge >= 0.3 is 0 Å². The fraction of sp³-hybridized carbons (Fsp3) is 0.370. The van der Waals surface area contributed by atoms with E-state index in [0.29, 0.717) is 49.0 Å². The van der Waals surface area contributed by atoms with Crippen LogP contribution in [0.1, 0.15) is 35.7 Å². The van der Waals surface area contributed by atoms with Crippen molar-refractivity contribution in [3.63, 3.8) is 0 Å². The molecule has 4 rings (SSSR count). The van der Waals surface area contributed by atoms with Crippen LogP contribution in [-0.4, -0.2) is 56.6 Å². The number of nitrogens with zero attached hydrogens (tertiary/aromatic N) is 3. The van der Waals surface area contributed by atoms with Gasteiger partial charge in [-0.15, -0.1) is 0 Å². The number of amides is 1. The summed E-state index contributed by atoms with van der Waals surface area (Å²) in [7, 11) is 5.03. The van der Waals surface area contributed by atoms with E-state index in [4.69, 9.17) is 14.0 Å². The number of aryl methyl sites for hydroxylation is 1. The number of methoxy groups -OCH3 is 2. The summed E-state index contributed by atoms with van der Waals surface area (Å²) in [5.41, 5.74) is 9.38. The van der Waals surface area contributed by atoms with Gasteiger partial charge in [-0.1, -0.05) is 41.2 Å². The average molecular weight is 507 g/mol. The van der Waals surface area contributed by atoms with Crippen molar-refractivity contribution in [1.82, 2.24) is 26.2 Å². The molecule has 2 heterocycles. The summed E-state index contributed by atoms with van der Waals surface area (Å²) in [6, 6.07) is 8.24. The minimum absolute atomic E-state index is 0.0201. The predicted molar refractivity (Wildman–Crippen MR) is 141 cm³/mol. The number of allylic oxidation sites excluding steroid dienone is 3. The van der Waals surface area contributed by atoms with Gasteiger partial charge in [0.1, 0.15) is 0 Å². The highest BCUT2D eigenvalue weighted by molar-refractivity contribution is 5.82. The summed E-state index contributed by atoms with van der Waals surface area (Å²) < 4.78 is 15.8. The molecule has 0 atom stereocenters. The van der Waals surface area contributed by atoms with Gasteiger partial charge in [-0.05, 0) is 48.9 Å². The molecule has 0 fully saturated rings. The number of rotatable bonds is 11. The molecular formula is C27H34N6O4. The molecule has 2 aliphatic rings. The molecule has 1 aromatic heterocycles. The SMILES string of the molecule is C1=NNCc2ccccc21.CNCCCNC(=O)CCc1nc(CC2=CC=C=C(OC)C(OC)=C2)no1. The molecule has 0 saturated heterocycles. The van der Waals surface area contributed by atoms with Crippen LogP contribution in [0.15, 0.2) is 74.9 Å². The lowest BCUT2D eigenvalue weighted by atomic mass is 10.1. The van der Waals surface area contributed by atoms with Crippen LogP contribution < -0.4 is 16.1 Å². The summed E-state index contributed by atoms with van der Waals surface area (Å²) >= 11 is 0. The van der Waals surface area contributed by atoms with Crippen molar-refractivity contribution in [2.24, 2.45) is 5.10 Å². The minimum atomic E-state index is -0.0201. The number of hydrogen-bond donors (Lipinski definition) is 3. The normalized spacial score (nSPS) is 13.5. The lowest BCUT2D eigenvalue weighted by molar-refractivity contribution is -0.121. The number of carbonyl (C=O) groups is 1. The fourth-order valence-corrected chi connectivity index (χ4v) is 3.51. The zero-order chi connectivity index (χ0) is 26.3. The maximum atomic E-state index is 11.8. The van der Waals surface area contributed by atoms with Crippen LogP contribution in [0.3, 0.4) is 0 Å². The maximum absolute atomic E-state index is 11.8. The van der Waals surface area contributed by atoms with Crippen LogP contribution in [0.4, 0.5) is 0 Å². The van der Waals surface area contributed by atoms with Gasteiger partial charge in [-0.25, -0.2) is 0 Å². The summed E-state index contributed by atoms with van der Waals surface area (Å²) in [5.74, 6) is 2.08. The fourth-order valence-electron chi connectivity index (χ4n) is 3.51. The zero-order valence-electron chi connectivity index (χ0n) is 21.5. The summed E-state index contributed by atoms with van der Waals surface area (Å²) in [5, 5.41) is 13.8. The van der Waals surface area contributed by atoms with Crippen LogP contribution >= 0.6 is 0 Å². The first-order chi connectivity index (χ1) is 18.1. The van der Waals surface area contributed by atoms with Crippen molar-refractivity contribution < 1.29 is 18.8 Å². The highest BCUT2D eigenvalue weighted by Gasteiger charge is 2.13. The number of hydrazone groups is 1. The van der Waals surface area contributed by atoms with Gasteiger partial charge in [-0.3, -0.25) is 4.79 Å². The Bertz CT molecular complexity index is 1190. The molecule has 1 aliphatic heterocycles. The number of carbonyl (C=O) groups excluding carboxylic acids is 1. The number of ether oxygens (including phenoxy) is 2. The van der Waals surface area contributed by atoms with Gasteiger partial charge in [0.25, 0.3) is 0 Å². The van der Waals surface area contributed by atoms with Crippen molar-refractivity contribution in [2.75, 3.05) is 34.4 Å². The lowest BCUT2D eigenvalue weighted by Crippen LogP contribution is -2.26. The van der Waals surface area contributed by atoms with E-state index in [1.54, 1.807) is 20.3 Å². The standard InChI is InChI=1S/C19H26N4O4.C8H8N2/c1-20-10-5-11-21-18(24)8-9-19-22-17(23-27-19)13-14-6-4-7-15(25-2)16(12-14)26-3;1-2-4-8-6-10-9-5-7(8)3-1/h4,6,12,20H,5,8-11,13H2,1-3H3,(H,21,24);1-5,10H,6H2. The minimum Gasteiger partial charge on any atom is -0.492 e. The molecule has 196 valence electrons. The highest BCUT2D eigenvalue weighted by atomic mass is 16.5. The Kier molecular flexibility index (Phi) is 11.2. The zero-order valence-corrected chi connectivity index (χ0v) is 21.5. The Morgan fingerprint density at radius 1 is 1.22 bits per heavy atom. The van der Waals surface area contributed by atoms with Gasteiger partial charge in [-0.2, -0.15) is 10.1 Å². The molecule has 1 aliphatic carbocycles. The first-order valence-corrected chi connectivity index (χ1v) is 12.2. The van der Waals surface area contributed by atoms with Gasteiger partial charge in [0.2, 0.25) is 17.6 Å². The quantitative estimate of drug-likeness (QED) is 0.314. The van der Waals surface area contributed by atoms with Gasteiger partial charge in [0.15, 0.2) is 11.6 Å². The third kappa shape index (κ3) is 9.10. The van der Waals surface area contributed by atoms with Crippen molar-refractivity contribution in [3.8, 4) is 0 Å². The molecule has 0 bridgehead atoms. The highest BCUT2D eigenvalue weighted by Crippen LogP contribution is 2.18. The number of fused-ring (bicyclic) bond motifs is 1. The van der Waals surface area contributed by atoms with E-state index in [1.807, 2.05) is 37.5 Å². The van der Waals surface area contributed by atoms with Crippen LogP contribution in [0.2, 0.25) is 0 Å². The third-order valence-electron chi connectivity index (χ3n) is 5.46. The van der Waals surface area contributed by atoms with Gasteiger partial charge in [0.05, 0.1) is 27.0 Å². The van der Waals surface area contributed by atoms with Crippen molar-refractivity contribution >= 4 is 12.1 Å². The van der Waals surface area contributed by atoms with Crippen molar-refractivity contribution in [2.45, 2.75) is 32.2 Å². The molecular weight excluding hydrogens is 472 g/mol. The largest absolute Gasteiger partial charge is 0.492 e. The monoisotopic (exact) mass is 506 g/mol. The second-order valence-electron chi connectivity index (χ2n) is 8.18. The van der Waals surface area contributed by atoms with E-state index in [0.717, 1.165) is 25.1 Å². The van der Waals surface area contributed by atoms with E-state index < -0.39 is 0 Å². The number of nitrogens with one attached hydrogen (secondary N) is 3. The Balaban J connectivity index is 0.000000313. The predicted octanol–water partition coefficient (Wildman–Crippen LogP) is 2.55. The summed E-state index contributed by atoms with van der Waals surface area (Å²) in [4.78, 5) is 16.1. The third-order valence-corrected chi connectivity index (χ3v) is 5.46. The molecule has 0 spiro atoms. The van der Waals surface area contributed by atoms with Gasteiger partial charge < -0.3 is 30.1 Å². The van der Waals surface area contributed by atoms with E-state index in [9.17, 15) is 4.79 Å². The van der Waals surface area contributed by atoms with Crippen LogP contribution in [0, 0.1) is 0 Å². The van der Waals surface area contributed by atoms with E-state index in [2.05, 4.69) is 49.2 Å². The smallest absolute Gasteiger partial charge is 0.227 e. The molecule has 0 radical (unpaired) electrons. The first-order valence-electron chi connectivity index (χ1n) is 12.2. The van der Waals surface area contributed by atoms with E-state index in [1.165, 1.54) is 11.1 Å². The molecule has 1 amide bonds. The molecule has 2 aromatic rings. The molecule has 1 aromatic carbocycles. The molecule has 37 heavy (non-hydrogen) atoms. The van der Waals surface area contributed by atoms with Crippen molar-refractivity contribution in [1.29, 1.82) is 0 Å². The maximum Gasteiger partial charge on any atom is 0.227 e. The molecule has 10 nitrogen and oxygen atoms in total. The Labute approximate surface area is 217 Å². The summed E-state index contributed by atoms with van der Waals surface area (Å²) in [6.45, 7) is 2.38. The number of benzene rings is 1. The van der Waals surface area contributed by atoms with Gasteiger partial charge in [0, 0.05) is 25.8 Å². The Hall–Kier alpha value is -4.14. The van der Waals surface area contributed by atoms with E-state index >= 15 is 0 Å². The second kappa shape index (κ2) is 15.1. The topological polar surface area (TPSA) is 123 Å². The number of aromatic nitrogens is 2. The Morgan fingerprint density at radius 2 is 2.08 bits per heavy atom. The lowest BCUT2D eigenvalue weighted by Gasteiger charge is -2.09.